The van der Waals surface area contributed by atoms with E-state index in [1.165, 1.54) is 28.6 Å². The van der Waals surface area contributed by atoms with Crippen LogP contribution in [-0.4, -0.2) is 63.9 Å². The van der Waals surface area contributed by atoms with Gasteiger partial charge < -0.3 is 14.8 Å². The van der Waals surface area contributed by atoms with Crippen molar-refractivity contribution in [2.45, 2.75) is 18.7 Å². The molecule has 0 aliphatic carbocycles. The van der Waals surface area contributed by atoms with E-state index in [1.807, 2.05) is 0 Å². The summed E-state index contributed by atoms with van der Waals surface area (Å²) >= 11 is 0. The summed E-state index contributed by atoms with van der Waals surface area (Å²) in [6, 6.07) is 5.37. The molecule has 10 heteroatoms. The molecule has 0 aliphatic rings. The maximum Gasteiger partial charge on any atom is 0.344 e. The molecule has 0 heterocycles. The number of amides is 1. The number of esters is 2. The smallest absolute Gasteiger partial charge is 0.344 e. The van der Waals surface area contributed by atoms with Crippen LogP contribution in [-0.2, 0) is 29.1 Å². The molecule has 1 aromatic carbocycles. The predicted octanol–water partition coefficient (Wildman–Crippen LogP) is 0.163. The maximum absolute atomic E-state index is 12.4. The number of rotatable bonds is 9. The van der Waals surface area contributed by atoms with Crippen molar-refractivity contribution in [2.24, 2.45) is 0 Å². The van der Waals surface area contributed by atoms with Gasteiger partial charge in [-0.15, -0.1) is 0 Å². The summed E-state index contributed by atoms with van der Waals surface area (Å²) in [4.78, 5) is 34.3. The first-order valence-corrected chi connectivity index (χ1v) is 9.31. The van der Waals surface area contributed by atoms with Crippen molar-refractivity contribution in [1.82, 2.24) is 9.62 Å². The summed E-state index contributed by atoms with van der Waals surface area (Å²) in [5.74, 6) is -2.09. The monoisotopic (exact) mass is 386 g/mol. The van der Waals surface area contributed by atoms with Crippen LogP contribution in [0.15, 0.2) is 29.2 Å². The summed E-state index contributed by atoms with van der Waals surface area (Å²) in [6.45, 7) is 3.19. The second kappa shape index (κ2) is 9.88. The Morgan fingerprint density at radius 3 is 2.12 bits per heavy atom. The van der Waals surface area contributed by atoms with Crippen molar-refractivity contribution in [2.75, 3.05) is 33.4 Å². The molecule has 0 bridgehead atoms. The Morgan fingerprint density at radius 2 is 1.62 bits per heavy atom. The molecule has 0 saturated carbocycles. The molecule has 1 aromatic rings. The van der Waals surface area contributed by atoms with Crippen molar-refractivity contribution in [3.63, 3.8) is 0 Å². The number of methoxy groups -OCH3 is 1. The van der Waals surface area contributed by atoms with Gasteiger partial charge in [-0.2, -0.15) is 4.31 Å². The van der Waals surface area contributed by atoms with Crippen LogP contribution in [0.1, 0.15) is 24.2 Å². The lowest BCUT2D eigenvalue weighted by Crippen LogP contribution is -2.32. The van der Waals surface area contributed by atoms with Crippen molar-refractivity contribution < 1.29 is 32.3 Å². The maximum atomic E-state index is 12.4. The van der Waals surface area contributed by atoms with Crippen LogP contribution in [0.2, 0.25) is 0 Å². The quantitative estimate of drug-likeness (QED) is 0.601. The minimum Gasteiger partial charge on any atom is -0.466 e. The minimum absolute atomic E-state index is 0.0789. The third-order valence-corrected chi connectivity index (χ3v) is 5.50. The van der Waals surface area contributed by atoms with Gasteiger partial charge in [-0.25, -0.2) is 13.2 Å². The van der Waals surface area contributed by atoms with Gasteiger partial charge in [-0.1, -0.05) is 13.8 Å². The molecule has 0 radical (unpaired) electrons. The Hall–Kier alpha value is -2.46. The van der Waals surface area contributed by atoms with E-state index in [0.717, 1.165) is 7.11 Å². The number of carbonyl (C=O) groups excluding carboxylic acids is 3. The van der Waals surface area contributed by atoms with Gasteiger partial charge in [0, 0.05) is 18.7 Å². The van der Waals surface area contributed by atoms with Crippen molar-refractivity contribution in [3.8, 4) is 0 Å². The highest BCUT2D eigenvalue weighted by Gasteiger charge is 2.21. The largest absolute Gasteiger partial charge is 0.466 e. The van der Waals surface area contributed by atoms with Gasteiger partial charge in [-0.05, 0) is 24.3 Å². The fraction of sp³-hybridized carbons (Fsp3) is 0.438. The molecule has 0 spiro atoms. The van der Waals surface area contributed by atoms with Crippen LogP contribution in [0.4, 0.5) is 0 Å². The zero-order valence-corrected chi connectivity index (χ0v) is 15.7. The Morgan fingerprint density at radius 1 is 1.04 bits per heavy atom. The normalized spacial score (nSPS) is 11.1. The number of nitrogens with zero attached hydrogens (tertiary/aromatic N) is 1. The van der Waals surface area contributed by atoms with Crippen LogP contribution >= 0.6 is 0 Å². The SMILES string of the molecule is CCN(CC)S(=O)(=O)c1ccc(C(=O)NCC(=O)OCC(=O)OC)cc1. The van der Waals surface area contributed by atoms with Gasteiger partial charge in [0.05, 0.1) is 12.0 Å². The van der Waals surface area contributed by atoms with Crippen LogP contribution in [0.25, 0.3) is 0 Å². The van der Waals surface area contributed by atoms with Gasteiger partial charge >= 0.3 is 11.9 Å². The van der Waals surface area contributed by atoms with Gasteiger partial charge in [-0.3, -0.25) is 9.59 Å². The first kappa shape index (κ1) is 21.6. The second-order valence-corrected chi connectivity index (χ2v) is 6.97. The van der Waals surface area contributed by atoms with E-state index >= 15 is 0 Å². The molecule has 0 atom stereocenters. The molecular formula is C16H22N2O7S. The fourth-order valence-corrected chi connectivity index (χ4v) is 3.45. The lowest BCUT2D eigenvalue weighted by Gasteiger charge is -2.18. The summed E-state index contributed by atoms with van der Waals surface area (Å²) in [5, 5.41) is 2.32. The summed E-state index contributed by atoms with van der Waals surface area (Å²) in [6.07, 6.45) is 0. The van der Waals surface area contributed by atoms with Crippen molar-refractivity contribution >= 4 is 27.9 Å². The number of sulfonamides is 1. The van der Waals surface area contributed by atoms with E-state index in [4.69, 9.17) is 0 Å². The number of benzene rings is 1. The molecule has 0 aliphatic heterocycles. The van der Waals surface area contributed by atoms with Gasteiger partial charge in [0.25, 0.3) is 5.91 Å². The van der Waals surface area contributed by atoms with Gasteiger partial charge in [0.1, 0.15) is 6.54 Å². The molecule has 0 unspecified atom stereocenters. The Balaban J connectivity index is 2.67. The van der Waals surface area contributed by atoms with Crippen LogP contribution in [0.3, 0.4) is 0 Å². The first-order chi connectivity index (χ1) is 12.3. The third kappa shape index (κ3) is 5.81. The molecule has 1 N–H and O–H groups in total. The first-order valence-electron chi connectivity index (χ1n) is 7.87. The molecule has 144 valence electrons. The number of ether oxygens (including phenoxy) is 2. The molecule has 0 fully saturated rings. The highest BCUT2D eigenvalue weighted by Crippen LogP contribution is 2.16. The Kier molecular flexibility index (Phi) is 8.20. The number of hydrogen-bond acceptors (Lipinski definition) is 7. The van der Waals surface area contributed by atoms with E-state index in [2.05, 4.69) is 14.8 Å². The molecular weight excluding hydrogens is 364 g/mol. The predicted molar refractivity (Wildman–Crippen MR) is 91.9 cm³/mol. The lowest BCUT2D eigenvalue weighted by atomic mass is 10.2. The zero-order chi connectivity index (χ0) is 19.7. The molecule has 0 aromatic heterocycles. The molecule has 1 rings (SSSR count). The van der Waals surface area contributed by atoms with Gasteiger partial charge in [0.15, 0.2) is 6.61 Å². The molecule has 0 saturated heterocycles. The van der Waals surface area contributed by atoms with Gasteiger partial charge in [0.2, 0.25) is 10.0 Å². The minimum atomic E-state index is -3.60. The van der Waals surface area contributed by atoms with Crippen LogP contribution in [0.5, 0.6) is 0 Å². The standard InChI is InChI=1S/C16H22N2O7S/c1-4-18(5-2)26(22,23)13-8-6-12(7-9-13)16(21)17-10-14(19)25-11-15(20)24-3/h6-9H,4-5,10-11H2,1-3H3,(H,17,21). The zero-order valence-electron chi connectivity index (χ0n) is 14.9. The van der Waals surface area contributed by atoms with E-state index < -0.39 is 41.0 Å². The molecule has 26 heavy (non-hydrogen) atoms. The van der Waals surface area contributed by atoms with Crippen molar-refractivity contribution in [1.29, 1.82) is 0 Å². The number of nitrogens with one attached hydrogen (secondary N) is 1. The second-order valence-electron chi connectivity index (χ2n) is 5.03. The topological polar surface area (TPSA) is 119 Å². The Bertz CT molecular complexity index is 740. The summed E-state index contributed by atoms with van der Waals surface area (Å²) < 4.78 is 34.9. The summed E-state index contributed by atoms with van der Waals surface area (Å²) in [5.41, 5.74) is 0.185. The highest BCUT2D eigenvalue weighted by atomic mass is 32.2. The fourth-order valence-electron chi connectivity index (χ4n) is 1.99. The molecule has 9 nitrogen and oxygen atoms in total. The van der Waals surface area contributed by atoms with E-state index in [1.54, 1.807) is 13.8 Å². The van der Waals surface area contributed by atoms with Crippen LogP contribution in [0, 0.1) is 0 Å². The average molecular weight is 386 g/mol. The lowest BCUT2D eigenvalue weighted by molar-refractivity contribution is -0.156. The average Bonchev–Trinajstić information content (AvgIpc) is 2.64. The van der Waals surface area contributed by atoms with E-state index in [-0.39, 0.29) is 10.5 Å². The number of carbonyl (C=O) groups is 3. The Labute approximate surface area is 152 Å². The van der Waals surface area contributed by atoms with Crippen LogP contribution < -0.4 is 5.32 Å². The van der Waals surface area contributed by atoms with E-state index in [9.17, 15) is 22.8 Å². The highest BCUT2D eigenvalue weighted by molar-refractivity contribution is 7.89. The van der Waals surface area contributed by atoms with E-state index in [0.29, 0.717) is 13.1 Å². The third-order valence-electron chi connectivity index (χ3n) is 3.43. The number of hydrogen-bond donors (Lipinski definition) is 1. The molecule has 1 amide bonds. The van der Waals surface area contributed by atoms with Crippen molar-refractivity contribution in [3.05, 3.63) is 29.8 Å². The summed E-state index contributed by atoms with van der Waals surface area (Å²) in [7, 11) is -2.45.